The van der Waals surface area contributed by atoms with E-state index in [0.717, 1.165) is 36.0 Å². The van der Waals surface area contributed by atoms with Gasteiger partial charge in [-0.3, -0.25) is 9.69 Å². The first kappa shape index (κ1) is 22.7. The Morgan fingerprint density at radius 2 is 1.90 bits per heavy atom. The van der Waals surface area contributed by atoms with Crippen molar-refractivity contribution in [3.63, 3.8) is 0 Å². The molecule has 1 atom stereocenters. The molecule has 2 aromatic rings. The zero-order valence-corrected chi connectivity index (χ0v) is 20.1. The van der Waals surface area contributed by atoms with Gasteiger partial charge in [0.1, 0.15) is 4.21 Å². The van der Waals surface area contributed by atoms with Crippen LogP contribution in [0.4, 0.5) is 0 Å². The van der Waals surface area contributed by atoms with Crippen LogP contribution < -0.4 is 0 Å². The van der Waals surface area contributed by atoms with E-state index in [1.165, 1.54) is 21.2 Å². The van der Waals surface area contributed by atoms with Crippen LogP contribution in [0.25, 0.3) is 0 Å². The lowest BCUT2D eigenvalue weighted by molar-refractivity contribution is -0.138. The molecule has 0 N–H and O–H groups in total. The highest BCUT2D eigenvalue weighted by atomic mass is 35.5. The smallest absolute Gasteiger partial charge is 0.252 e. The second-order valence-corrected chi connectivity index (χ2v) is 12.2. The number of hydrogen-bond acceptors (Lipinski definition) is 5. The van der Waals surface area contributed by atoms with Crippen molar-refractivity contribution in [2.45, 2.75) is 30.5 Å². The maximum atomic E-state index is 13.1. The summed E-state index contributed by atoms with van der Waals surface area (Å²) in [5.41, 5.74) is 1.17. The zero-order chi connectivity index (χ0) is 22.0. The molecule has 4 rings (SSSR count). The molecule has 1 unspecified atom stereocenters. The van der Waals surface area contributed by atoms with Crippen molar-refractivity contribution >= 4 is 38.9 Å². The average molecular weight is 482 g/mol. The lowest BCUT2D eigenvalue weighted by atomic mass is 9.97. The number of nitrogens with zero attached hydrogens (tertiary/aromatic N) is 3. The van der Waals surface area contributed by atoms with Gasteiger partial charge in [-0.1, -0.05) is 23.7 Å². The fourth-order valence-corrected chi connectivity index (χ4v) is 7.49. The van der Waals surface area contributed by atoms with Crippen molar-refractivity contribution in [1.82, 2.24) is 14.1 Å². The summed E-state index contributed by atoms with van der Waals surface area (Å²) in [6, 6.07) is 11.4. The maximum absolute atomic E-state index is 13.1. The van der Waals surface area contributed by atoms with Crippen molar-refractivity contribution in [3.8, 4) is 0 Å². The first-order chi connectivity index (χ1) is 14.8. The Morgan fingerprint density at radius 1 is 1.13 bits per heavy atom. The summed E-state index contributed by atoms with van der Waals surface area (Å²) < 4.78 is 27.8. The number of amides is 1. The molecule has 9 heteroatoms. The highest BCUT2D eigenvalue weighted by Gasteiger charge is 2.36. The molecule has 6 nitrogen and oxygen atoms in total. The lowest BCUT2D eigenvalue weighted by Crippen LogP contribution is -2.52. The number of piperazine rings is 1. The molecule has 0 saturated carbocycles. The number of piperidine rings is 1. The van der Waals surface area contributed by atoms with Crippen LogP contribution in [0.3, 0.4) is 0 Å². The summed E-state index contributed by atoms with van der Waals surface area (Å²) in [6.07, 6.45) is 1.46. The van der Waals surface area contributed by atoms with Gasteiger partial charge in [0.25, 0.3) is 10.0 Å². The van der Waals surface area contributed by atoms with E-state index >= 15 is 0 Å². The number of rotatable bonds is 5. The van der Waals surface area contributed by atoms with Gasteiger partial charge in [0.2, 0.25) is 5.91 Å². The number of halogens is 1. The molecule has 2 fully saturated rings. The van der Waals surface area contributed by atoms with Crippen molar-refractivity contribution < 1.29 is 13.2 Å². The van der Waals surface area contributed by atoms with Gasteiger partial charge in [-0.15, -0.1) is 11.3 Å². The third-order valence-corrected chi connectivity index (χ3v) is 9.59. The molecule has 3 heterocycles. The van der Waals surface area contributed by atoms with E-state index in [1.54, 1.807) is 6.07 Å². The van der Waals surface area contributed by atoms with Gasteiger partial charge in [0.15, 0.2) is 0 Å². The van der Waals surface area contributed by atoms with Crippen LogP contribution in [0.2, 0.25) is 5.02 Å². The van der Waals surface area contributed by atoms with Crippen molar-refractivity contribution in [2.75, 3.05) is 39.3 Å². The highest BCUT2D eigenvalue weighted by Crippen LogP contribution is 2.29. The first-order valence-electron chi connectivity index (χ1n) is 10.6. The number of thiophene rings is 1. The predicted molar refractivity (Wildman–Crippen MR) is 124 cm³/mol. The third-order valence-electron chi connectivity index (χ3n) is 6.02. The molecule has 2 aliphatic rings. The molecule has 168 valence electrons. The molecular formula is C22H28ClN3O3S2. The van der Waals surface area contributed by atoms with Gasteiger partial charge < -0.3 is 4.90 Å². The zero-order valence-electron chi connectivity index (χ0n) is 17.7. The molecule has 0 bridgehead atoms. The Morgan fingerprint density at radius 3 is 2.58 bits per heavy atom. The van der Waals surface area contributed by atoms with Crippen LogP contribution in [0.1, 0.15) is 23.3 Å². The van der Waals surface area contributed by atoms with Crippen LogP contribution in [0, 0.1) is 12.8 Å². The molecule has 2 aliphatic heterocycles. The Bertz CT molecular complexity index is 1030. The van der Waals surface area contributed by atoms with E-state index in [9.17, 15) is 13.2 Å². The van der Waals surface area contributed by atoms with Crippen LogP contribution in [0.5, 0.6) is 0 Å². The van der Waals surface area contributed by atoms with E-state index in [2.05, 4.69) is 11.0 Å². The quantitative estimate of drug-likeness (QED) is 0.656. The van der Waals surface area contributed by atoms with Crippen molar-refractivity contribution in [1.29, 1.82) is 0 Å². The molecule has 1 aromatic heterocycles. The Labute approximate surface area is 193 Å². The summed E-state index contributed by atoms with van der Waals surface area (Å²) in [7, 11) is -3.52. The summed E-state index contributed by atoms with van der Waals surface area (Å²) >= 11 is 7.37. The van der Waals surface area contributed by atoms with Gasteiger partial charge in [0.05, 0.1) is 5.92 Å². The molecule has 2 saturated heterocycles. The highest BCUT2D eigenvalue weighted by molar-refractivity contribution is 7.91. The van der Waals surface area contributed by atoms with Crippen molar-refractivity contribution in [3.05, 3.63) is 51.9 Å². The summed E-state index contributed by atoms with van der Waals surface area (Å²) in [5.74, 6) is -0.172. The Hall–Kier alpha value is -1.45. The van der Waals surface area contributed by atoms with Gasteiger partial charge >= 0.3 is 0 Å². The molecule has 0 radical (unpaired) electrons. The maximum Gasteiger partial charge on any atom is 0.252 e. The molecular weight excluding hydrogens is 454 g/mol. The molecule has 1 aromatic carbocycles. The van der Waals surface area contributed by atoms with Gasteiger partial charge in [0, 0.05) is 55.7 Å². The third kappa shape index (κ3) is 5.31. The van der Waals surface area contributed by atoms with Crippen LogP contribution >= 0.6 is 22.9 Å². The largest absolute Gasteiger partial charge is 0.340 e. The van der Waals surface area contributed by atoms with Crippen LogP contribution in [-0.4, -0.2) is 67.7 Å². The number of sulfonamides is 1. The number of aryl methyl sites for hydroxylation is 1. The minimum Gasteiger partial charge on any atom is -0.340 e. The standard InChI is InChI=1S/C22H28ClN3O3S2/c1-17-7-8-21(30-17)31(28,29)26-9-3-5-19(16-26)22(27)25-12-10-24(11-13-25)15-18-4-2-6-20(23)14-18/h2,4,6-8,14,19H,3,5,9-13,15-16H2,1H3. The Kier molecular flexibility index (Phi) is 7.03. The summed E-state index contributed by atoms with van der Waals surface area (Å²) in [6.45, 7) is 6.44. The fourth-order valence-electron chi connectivity index (χ4n) is 4.32. The van der Waals surface area contributed by atoms with E-state index in [4.69, 9.17) is 11.6 Å². The van der Waals surface area contributed by atoms with Gasteiger partial charge in [-0.05, 0) is 49.6 Å². The van der Waals surface area contributed by atoms with E-state index < -0.39 is 10.0 Å². The van der Waals surface area contributed by atoms with E-state index in [0.29, 0.717) is 30.3 Å². The normalized spacial score (nSPS) is 21.4. The number of hydrogen-bond donors (Lipinski definition) is 0. The SMILES string of the molecule is Cc1ccc(S(=O)(=O)N2CCCC(C(=O)N3CCN(Cc4cccc(Cl)c4)CC3)C2)s1. The van der Waals surface area contributed by atoms with Crippen molar-refractivity contribution in [2.24, 2.45) is 5.92 Å². The molecule has 31 heavy (non-hydrogen) atoms. The molecule has 1 amide bonds. The van der Waals surface area contributed by atoms with Crippen LogP contribution in [0.15, 0.2) is 40.6 Å². The summed E-state index contributed by atoms with van der Waals surface area (Å²) in [4.78, 5) is 18.4. The lowest BCUT2D eigenvalue weighted by Gasteiger charge is -2.38. The topological polar surface area (TPSA) is 60.9 Å². The van der Waals surface area contributed by atoms with E-state index in [-0.39, 0.29) is 18.4 Å². The van der Waals surface area contributed by atoms with Crippen LogP contribution in [-0.2, 0) is 21.4 Å². The summed E-state index contributed by atoms with van der Waals surface area (Å²) in [5, 5.41) is 0.737. The number of benzene rings is 1. The number of carbonyl (C=O) groups is 1. The first-order valence-corrected chi connectivity index (χ1v) is 13.3. The Balaban J connectivity index is 1.33. The van der Waals surface area contributed by atoms with Gasteiger partial charge in [-0.2, -0.15) is 4.31 Å². The minimum absolute atomic E-state index is 0.0877. The minimum atomic E-state index is -3.52. The molecule has 0 spiro atoms. The monoisotopic (exact) mass is 481 g/mol. The van der Waals surface area contributed by atoms with Gasteiger partial charge in [-0.25, -0.2) is 8.42 Å². The second-order valence-electron chi connectivity index (χ2n) is 8.30. The molecule has 0 aliphatic carbocycles. The van der Waals surface area contributed by atoms with E-state index in [1.807, 2.05) is 36.1 Å². The fraction of sp³-hybridized carbons (Fsp3) is 0.500. The average Bonchev–Trinajstić information content (AvgIpc) is 3.21. The predicted octanol–water partition coefficient (Wildman–Crippen LogP) is 3.46. The second kappa shape index (κ2) is 9.58. The number of carbonyl (C=O) groups excluding carboxylic acids is 1.